The Morgan fingerprint density at radius 3 is 2.32 bits per heavy atom. The van der Waals surface area contributed by atoms with E-state index in [2.05, 4.69) is 37.0 Å². The van der Waals surface area contributed by atoms with Crippen molar-refractivity contribution in [1.29, 1.82) is 0 Å². The molecule has 1 aliphatic rings. The molecule has 2 rings (SSSR count). The average molecular weight is 341 g/mol. The summed E-state index contributed by atoms with van der Waals surface area (Å²) >= 11 is 0. The molecule has 1 aromatic rings. The van der Waals surface area contributed by atoms with Gasteiger partial charge < -0.3 is 14.7 Å². The number of hydrogen-bond acceptors (Lipinski definition) is 3. The van der Waals surface area contributed by atoms with Gasteiger partial charge in [-0.05, 0) is 73.8 Å². The van der Waals surface area contributed by atoms with Gasteiger partial charge in [0.2, 0.25) is 0 Å². The van der Waals surface area contributed by atoms with E-state index in [1.165, 1.54) is 22.3 Å². The van der Waals surface area contributed by atoms with Gasteiger partial charge in [-0.15, -0.1) is 0 Å². The fourth-order valence-electron chi connectivity index (χ4n) is 3.51. The zero-order valence-corrected chi connectivity index (χ0v) is 16.2. The number of ether oxygens (including phenoxy) is 1. The van der Waals surface area contributed by atoms with Crippen LogP contribution in [0.2, 0.25) is 0 Å². The number of hydrogen-bond donors (Lipinski definition) is 1. The largest absolute Gasteiger partial charge is 0.508 e. The maximum Gasteiger partial charge on any atom is 0.120 e. The third-order valence-electron chi connectivity index (χ3n) is 4.75. The lowest BCUT2D eigenvalue weighted by atomic mass is 9.87. The van der Waals surface area contributed by atoms with Gasteiger partial charge in [-0.25, -0.2) is 0 Å². The molecule has 3 heteroatoms. The maximum absolute atomic E-state index is 10.2. The second kappa shape index (κ2) is 8.91. The van der Waals surface area contributed by atoms with Crippen LogP contribution in [-0.2, 0) is 11.3 Å². The van der Waals surface area contributed by atoms with Gasteiger partial charge in [-0.3, -0.25) is 0 Å². The van der Waals surface area contributed by atoms with Crippen molar-refractivity contribution in [2.45, 2.75) is 46.1 Å². The first-order valence-electron chi connectivity index (χ1n) is 9.13. The minimum atomic E-state index is 0.371. The van der Waals surface area contributed by atoms with Crippen molar-refractivity contribution in [3.8, 4) is 5.75 Å². The van der Waals surface area contributed by atoms with Crippen molar-refractivity contribution >= 4 is 5.57 Å². The Bertz CT molecular complexity index is 696. The molecule has 1 aliphatic carbocycles. The van der Waals surface area contributed by atoms with Gasteiger partial charge in [0.15, 0.2) is 0 Å². The molecular formula is C22H31NO2. The minimum absolute atomic E-state index is 0.371. The van der Waals surface area contributed by atoms with E-state index in [9.17, 15) is 5.11 Å². The predicted molar refractivity (Wildman–Crippen MR) is 105 cm³/mol. The summed E-state index contributed by atoms with van der Waals surface area (Å²) in [4.78, 5) is 2.08. The molecule has 0 bridgehead atoms. The number of rotatable bonds is 7. The molecular weight excluding hydrogens is 310 g/mol. The molecule has 0 amide bonds. The topological polar surface area (TPSA) is 32.7 Å². The van der Waals surface area contributed by atoms with Crippen molar-refractivity contribution in [3.05, 3.63) is 58.4 Å². The van der Waals surface area contributed by atoms with Crippen LogP contribution < -0.4 is 0 Å². The van der Waals surface area contributed by atoms with Gasteiger partial charge in [0, 0.05) is 18.5 Å². The third-order valence-corrected chi connectivity index (χ3v) is 4.75. The standard InChI is InChI=1S/C22H31NO2/c1-6-20(16-8-11-19(25-5)12-9-16)21(7-2)17-10-13-22(24)18(14-17)15-23(3)4/h8,10-11,13-14,24H,6-7,9,12,15H2,1-5H3. The van der Waals surface area contributed by atoms with Crippen LogP contribution in [0.4, 0.5) is 0 Å². The molecule has 0 aromatic heterocycles. The molecule has 0 atom stereocenters. The van der Waals surface area contributed by atoms with Crippen molar-refractivity contribution in [2.75, 3.05) is 21.2 Å². The van der Waals surface area contributed by atoms with Crippen LogP contribution in [0.25, 0.3) is 5.57 Å². The predicted octanol–water partition coefficient (Wildman–Crippen LogP) is 5.28. The number of methoxy groups -OCH3 is 1. The highest BCUT2D eigenvalue weighted by Gasteiger charge is 2.15. The zero-order valence-electron chi connectivity index (χ0n) is 16.2. The number of phenols is 1. The van der Waals surface area contributed by atoms with E-state index in [4.69, 9.17) is 4.74 Å². The molecule has 25 heavy (non-hydrogen) atoms. The van der Waals surface area contributed by atoms with Crippen LogP contribution in [-0.4, -0.2) is 31.2 Å². The molecule has 0 radical (unpaired) electrons. The molecule has 136 valence electrons. The molecule has 0 unspecified atom stereocenters. The second-order valence-electron chi connectivity index (χ2n) is 6.77. The Kier molecular flexibility index (Phi) is 6.89. The number of nitrogens with zero attached hydrogens (tertiary/aromatic N) is 1. The summed E-state index contributed by atoms with van der Waals surface area (Å²) in [5.41, 5.74) is 6.40. The van der Waals surface area contributed by atoms with Gasteiger partial charge in [0.05, 0.1) is 12.9 Å². The van der Waals surface area contributed by atoms with Crippen LogP contribution in [0, 0.1) is 0 Å². The third kappa shape index (κ3) is 4.76. The van der Waals surface area contributed by atoms with Crippen LogP contribution in [0.15, 0.2) is 47.3 Å². The first-order valence-corrected chi connectivity index (χ1v) is 9.13. The summed E-state index contributed by atoms with van der Waals surface area (Å²) in [7, 11) is 5.78. The van der Waals surface area contributed by atoms with E-state index in [1.54, 1.807) is 7.11 Å². The normalized spacial score (nSPS) is 15.6. The first kappa shape index (κ1) is 19.3. The van der Waals surface area contributed by atoms with Gasteiger partial charge in [0.25, 0.3) is 0 Å². The highest BCUT2D eigenvalue weighted by atomic mass is 16.5. The fraction of sp³-hybridized carbons (Fsp3) is 0.455. The van der Waals surface area contributed by atoms with Crippen LogP contribution in [0.3, 0.4) is 0 Å². The lowest BCUT2D eigenvalue weighted by molar-refractivity contribution is 0.276. The van der Waals surface area contributed by atoms with Crippen LogP contribution in [0.5, 0.6) is 5.75 Å². The van der Waals surface area contributed by atoms with Crippen molar-refractivity contribution in [2.24, 2.45) is 0 Å². The van der Waals surface area contributed by atoms with Crippen molar-refractivity contribution < 1.29 is 9.84 Å². The summed E-state index contributed by atoms with van der Waals surface area (Å²) in [5, 5.41) is 10.2. The minimum Gasteiger partial charge on any atom is -0.508 e. The summed E-state index contributed by atoms with van der Waals surface area (Å²) < 4.78 is 5.36. The quantitative estimate of drug-likeness (QED) is 0.732. The smallest absolute Gasteiger partial charge is 0.120 e. The molecule has 0 saturated heterocycles. The van der Waals surface area contributed by atoms with Crippen molar-refractivity contribution in [3.63, 3.8) is 0 Å². The molecule has 0 heterocycles. The molecule has 0 aliphatic heterocycles. The summed E-state index contributed by atoms with van der Waals surface area (Å²) in [6.07, 6.45) is 8.27. The Labute approximate surface area is 152 Å². The Hall–Kier alpha value is -2.00. The highest BCUT2D eigenvalue weighted by molar-refractivity contribution is 5.73. The number of phenolic OH excluding ortho intramolecular Hbond substituents is 1. The van der Waals surface area contributed by atoms with E-state index < -0.39 is 0 Å². The molecule has 3 nitrogen and oxygen atoms in total. The Morgan fingerprint density at radius 1 is 1.08 bits per heavy atom. The summed E-state index contributed by atoms with van der Waals surface area (Å²) in [5.74, 6) is 1.42. The van der Waals surface area contributed by atoms with Gasteiger partial charge >= 0.3 is 0 Å². The average Bonchev–Trinajstić information content (AvgIpc) is 2.61. The van der Waals surface area contributed by atoms with E-state index in [0.29, 0.717) is 5.75 Å². The zero-order chi connectivity index (χ0) is 18.4. The Balaban J connectivity index is 2.47. The number of allylic oxidation sites excluding steroid dienone is 6. The molecule has 0 fully saturated rings. The number of benzene rings is 1. The van der Waals surface area contributed by atoms with Gasteiger partial charge in [0.1, 0.15) is 5.75 Å². The number of aromatic hydroxyl groups is 1. The monoisotopic (exact) mass is 341 g/mol. The highest BCUT2D eigenvalue weighted by Crippen LogP contribution is 2.35. The Morgan fingerprint density at radius 2 is 1.80 bits per heavy atom. The summed E-state index contributed by atoms with van der Waals surface area (Å²) in [6, 6.07) is 6.02. The van der Waals surface area contributed by atoms with E-state index >= 15 is 0 Å². The first-order chi connectivity index (χ1) is 12.0. The molecule has 1 N–H and O–H groups in total. The summed E-state index contributed by atoms with van der Waals surface area (Å²) in [6.45, 7) is 5.17. The lowest BCUT2D eigenvalue weighted by Crippen LogP contribution is -2.11. The van der Waals surface area contributed by atoms with Gasteiger partial charge in [-0.2, -0.15) is 0 Å². The van der Waals surface area contributed by atoms with Crippen LogP contribution in [0.1, 0.15) is 50.7 Å². The van der Waals surface area contributed by atoms with E-state index in [0.717, 1.165) is 43.6 Å². The molecule has 0 spiro atoms. The van der Waals surface area contributed by atoms with Gasteiger partial charge in [-0.1, -0.05) is 26.0 Å². The van der Waals surface area contributed by atoms with Crippen molar-refractivity contribution in [1.82, 2.24) is 4.90 Å². The van der Waals surface area contributed by atoms with E-state index in [-0.39, 0.29) is 0 Å². The van der Waals surface area contributed by atoms with E-state index in [1.807, 2.05) is 26.2 Å². The second-order valence-corrected chi connectivity index (χ2v) is 6.77. The fourth-order valence-corrected chi connectivity index (χ4v) is 3.51. The lowest BCUT2D eigenvalue weighted by Gasteiger charge is -2.21. The van der Waals surface area contributed by atoms with Crippen LogP contribution >= 0.6 is 0 Å². The SMILES string of the molecule is CCC(C1=CC=C(OC)CC1)=C(CC)c1ccc(O)c(CN(C)C)c1. The maximum atomic E-state index is 10.2. The molecule has 1 aromatic carbocycles. The molecule has 0 saturated carbocycles.